The van der Waals surface area contributed by atoms with Crippen molar-refractivity contribution in [2.24, 2.45) is 0 Å². The van der Waals surface area contributed by atoms with Gasteiger partial charge in [0.15, 0.2) is 5.82 Å². The van der Waals surface area contributed by atoms with Crippen molar-refractivity contribution in [1.29, 1.82) is 0 Å². The van der Waals surface area contributed by atoms with Crippen LogP contribution < -0.4 is 5.32 Å². The van der Waals surface area contributed by atoms with Crippen molar-refractivity contribution < 1.29 is 4.79 Å². The first-order valence-electron chi connectivity index (χ1n) is 4.89. The van der Waals surface area contributed by atoms with E-state index in [9.17, 15) is 4.79 Å². The van der Waals surface area contributed by atoms with E-state index in [1.165, 1.54) is 11.0 Å². The quantitative estimate of drug-likeness (QED) is 0.831. The number of hydrogen-bond acceptors (Lipinski definition) is 4. The van der Waals surface area contributed by atoms with Crippen LogP contribution in [0.5, 0.6) is 0 Å². The Labute approximate surface area is 103 Å². The van der Waals surface area contributed by atoms with Crippen LogP contribution >= 0.6 is 11.6 Å². The molecule has 0 radical (unpaired) electrons. The summed E-state index contributed by atoms with van der Waals surface area (Å²) >= 11 is 5.43. The molecular weight excluding hydrogens is 242 g/mol. The predicted molar refractivity (Wildman–Crippen MR) is 63.2 cm³/mol. The number of nitrogens with one attached hydrogen (secondary N) is 1. The Morgan fingerprint density at radius 3 is 3.06 bits per heavy atom. The van der Waals surface area contributed by atoms with Gasteiger partial charge in [0.2, 0.25) is 5.91 Å². The van der Waals surface area contributed by atoms with E-state index in [4.69, 9.17) is 11.6 Å². The molecule has 0 spiro atoms. The molecule has 0 saturated heterocycles. The number of aryl methyl sites for hydroxylation is 1. The van der Waals surface area contributed by atoms with Crippen molar-refractivity contribution in [3.05, 3.63) is 30.4 Å². The fourth-order valence-corrected chi connectivity index (χ4v) is 1.38. The number of halogens is 1. The lowest BCUT2D eigenvalue weighted by atomic mass is 10.4. The van der Waals surface area contributed by atoms with Gasteiger partial charge >= 0.3 is 0 Å². The summed E-state index contributed by atoms with van der Waals surface area (Å²) in [6, 6.07) is 3.44. The van der Waals surface area contributed by atoms with E-state index in [1.807, 2.05) is 6.92 Å². The molecule has 0 unspecified atom stereocenters. The summed E-state index contributed by atoms with van der Waals surface area (Å²) < 4.78 is 1.51. The molecule has 0 aromatic carbocycles. The molecule has 1 amide bonds. The highest BCUT2D eigenvalue weighted by Gasteiger charge is 2.08. The lowest BCUT2D eigenvalue weighted by Gasteiger charge is -2.07. The Hall–Kier alpha value is -1.95. The van der Waals surface area contributed by atoms with Crippen molar-refractivity contribution in [2.45, 2.75) is 6.92 Å². The fourth-order valence-electron chi connectivity index (χ4n) is 1.31. The summed E-state index contributed by atoms with van der Waals surface area (Å²) in [5.41, 5.74) is 0.820. The summed E-state index contributed by atoms with van der Waals surface area (Å²) in [5.74, 6) is 0.717. The Balaban J connectivity index is 2.33. The average Bonchev–Trinajstić information content (AvgIpc) is 2.77. The van der Waals surface area contributed by atoms with Gasteiger partial charge in [0.1, 0.15) is 18.0 Å². The molecule has 2 aromatic rings. The Morgan fingerprint density at radius 1 is 1.53 bits per heavy atom. The number of carbonyl (C=O) groups excluding carboxylic acids is 1. The third-order valence-electron chi connectivity index (χ3n) is 2.04. The zero-order valence-corrected chi connectivity index (χ0v) is 9.85. The van der Waals surface area contributed by atoms with Crippen LogP contribution in [0.2, 0.25) is 0 Å². The van der Waals surface area contributed by atoms with Gasteiger partial charge in [-0.05, 0) is 6.92 Å². The van der Waals surface area contributed by atoms with Gasteiger partial charge in [-0.3, -0.25) is 4.79 Å². The topological polar surface area (TPSA) is 72.7 Å². The van der Waals surface area contributed by atoms with Crippen molar-refractivity contribution in [2.75, 3.05) is 11.2 Å². The average molecular weight is 252 g/mol. The van der Waals surface area contributed by atoms with Gasteiger partial charge in [0, 0.05) is 17.8 Å². The Morgan fingerprint density at radius 2 is 2.35 bits per heavy atom. The zero-order chi connectivity index (χ0) is 12.3. The van der Waals surface area contributed by atoms with E-state index in [1.54, 1.807) is 18.3 Å². The van der Waals surface area contributed by atoms with E-state index < -0.39 is 0 Å². The maximum Gasteiger partial charge on any atom is 0.240 e. The molecule has 1 N–H and O–H groups in total. The summed E-state index contributed by atoms with van der Waals surface area (Å²) in [7, 11) is 0. The number of carbonyl (C=O) groups is 1. The molecular formula is C10H10ClN5O. The number of amides is 1. The second-order valence-electron chi connectivity index (χ2n) is 3.33. The third kappa shape index (κ3) is 2.59. The monoisotopic (exact) mass is 251 g/mol. The second-order valence-corrected chi connectivity index (χ2v) is 3.59. The molecule has 2 aromatic heterocycles. The molecule has 0 fully saturated rings. The standard InChI is InChI=1S/C10H10ClN5O/c1-7-4-9(13-6-12-7)16-8(2-3-14-16)15-10(17)5-11/h2-4,6H,5H2,1H3,(H,15,17). The van der Waals surface area contributed by atoms with Crippen molar-refractivity contribution >= 4 is 23.3 Å². The van der Waals surface area contributed by atoms with Gasteiger partial charge in [0.25, 0.3) is 0 Å². The second kappa shape index (κ2) is 4.92. The molecule has 17 heavy (non-hydrogen) atoms. The molecule has 88 valence electrons. The van der Waals surface area contributed by atoms with Crippen LogP contribution in [0.1, 0.15) is 5.69 Å². The van der Waals surface area contributed by atoms with Gasteiger partial charge < -0.3 is 5.32 Å². The number of alkyl halides is 1. The number of rotatable bonds is 3. The first-order chi connectivity index (χ1) is 8.20. The number of aromatic nitrogens is 4. The maximum absolute atomic E-state index is 11.2. The molecule has 0 bridgehead atoms. The van der Waals surface area contributed by atoms with Crippen LogP contribution in [0.4, 0.5) is 5.82 Å². The molecule has 7 heteroatoms. The molecule has 0 aliphatic carbocycles. The maximum atomic E-state index is 11.2. The summed E-state index contributed by atoms with van der Waals surface area (Å²) in [5, 5.41) is 6.71. The third-order valence-corrected chi connectivity index (χ3v) is 2.28. The fraction of sp³-hybridized carbons (Fsp3) is 0.200. The van der Waals surface area contributed by atoms with Crippen LogP contribution in [0.25, 0.3) is 5.82 Å². The molecule has 2 rings (SSSR count). The lowest BCUT2D eigenvalue weighted by Crippen LogP contribution is -2.16. The van der Waals surface area contributed by atoms with Crippen LogP contribution in [-0.2, 0) is 4.79 Å². The van der Waals surface area contributed by atoms with E-state index in [0.717, 1.165) is 5.69 Å². The Bertz CT molecular complexity index is 539. The van der Waals surface area contributed by atoms with Crippen LogP contribution in [-0.4, -0.2) is 31.5 Å². The first-order valence-corrected chi connectivity index (χ1v) is 5.43. The van der Waals surface area contributed by atoms with Crippen molar-refractivity contribution in [3.8, 4) is 5.82 Å². The Kier molecular flexibility index (Phi) is 3.34. The SMILES string of the molecule is Cc1cc(-n2nccc2NC(=O)CCl)ncn1. The first kappa shape index (κ1) is 11.5. The van der Waals surface area contributed by atoms with Gasteiger partial charge in [-0.25, -0.2) is 9.97 Å². The molecule has 0 aliphatic rings. The number of anilines is 1. The molecule has 0 atom stereocenters. The van der Waals surface area contributed by atoms with E-state index in [-0.39, 0.29) is 11.8 Å². The summed E-state index contributed by atoms with van der Waals surface area (Å²) in [6.45, 7) is 1.85. The van der Waals surface area contributed by atoms with E-state index >= 15 is 0 Å². The molecule has 6 nitrogen and oxygen atoms in total. The van der Waals surface area contributed by atoms with E-state index in [0.29, 0.717) is 11.6 Å². The summed E-state index contributed by atoms with van der Waals surface area (Å²) in [4.78, 5) is 19.3. The normalized spacial score (nSPS) is 10.2. The van der Waals surface area contributed by atoms with Gasteiger partial charge in [-0.1, -0.05) is 0 Å². The van der Waals surface area contributed by atoms with Gasteiger partial charge in [-0.15, -0.1) is 11.6 Å². The van der Waals surface area contributed by atoms with Crippen LogP contribution in [0, 0.1) is 6.92 Å². The smallest absolute Gasteiger partial charge is 0.240 e. The van der Waals surface area contributed by atoms with Crippen molar-refractivity contribution in [3.63, 3.8) is 0 Å². The van der Waals surface area contributed by atoms with Gasteiger partial charge in [0.05, 0.1) is 6.20 Å². The highest BCUT2D eigenvalue weighted by atomic mass is 35.5. The van der Waals surface area contributed by atoms with Crippen LogP contribution in [0.3, 0.4) is 0 Å². The highest BCUT2D eigenvalue weighted by Crippen LogP contribution is 2.12. The predicted octanol–water partition coefficient (Wildman–Crippen LogP) is 1.15. The molecule has 0 saturated carbocycles. The summed E-state index contributed by atoms with van der Waals surface area (Å²) in [6.07, 6.45) is 3.01. The minimum absolute atomic E-state index is 0.103. The highest BCUT2D eigenvalue weighted by molar-refractivity contribution is 6.29. The minimum atomic E-state index is -0.292. The number of hydrogen-bond donors (Lipinski definition) is 1. The largest absolute Gasteiger partial charge is 0.309 e. The lowest BCUT2D eigenvalue weighted by molar-refractivity contribution is -0.113. The molecule has 0 aliphatic heterocycles. The van der Waals surface area contributed by atoms with Gasteiger partial charge in [-0.2, -0.15) is 9.78 Å². The number of nitrogens with zero attached hydrogens (tertiary/aromatic N) is 4. The van der Waals surface area contributed by atoms with E-state index in [2.05, 4.69) is 20.4 Å². The van der Waals surface area contributed by atoms with Crippen molar-refractivity contribution in [1.82, 2.24) is 19.7 Å². The zero-order valence-electron chi connectivity index (χ0n) is 9.09. The molecule has 2 heterocycles. The minimum Gasteiger partial charge on any atom is -0.309 e. The van der Waals surface area contributed by atoms with Crippen LogP contribution in [0.15, 0.2) is 24.7 Å².